The molecule has 2 aromatic carbocycles. The van der Waals surface area contributed by atoms with Gasteiger partial charge in [-0.1, -0.05) is 29.8 Å². The topological polar surface area (TPSA) is 80.6 Å². The minimum atomic E-state index is -0.0549. The predicted molar refractivity (Wildman–Crippen MR) is 118 cm³/mol. The predicted octanol–water partition coefficient (Wildman–Crippen LogP) is 4.15. The Morgan fingerprint density at radius 3 is 2.73 bits per heavy atom. The molecule has 0 aliphatic carbocycles. The van der Waals surface area contributed by atoms with Crippen LogP contribution in [-0.4, -0.2) is 33.9 Å². The van der Waals surface area contributed by atoms with Crippen LogP contribution < -0.4 is 15.4 Å². The van der Waals surface area contributed by atoms with Gasteiger partial charge in [-0.25, -0.2) is 4.98 Å². The largest absolute Gasteiger partial charge is 0.496 e. The second-order valence-corrected chi connectivity index (χ2v) is 6.90. The third kappa shape index (κ3) is 4.10. The molecule has 30 heavy (non-hydrogen) atoms. The summed E-state index contributed by atoms with van der Waals surface area (Å²) in [5, 5.41) is 6.29. The van der Waals surface area contributed by atoms with Crippen LogP contribution >= 0.6 is 0 Å². The second-order valence-electron chi connectivity index (χ2n) is 6.90. The molecular formula is C23H23N5O2. The molecule has 4 rings (SSSR count). The molecule has 0 atom stereocenters. The SMILES string of the molecule is COc1ccccc1-c1nc2cnccn2c1NCCC(=O)Nc1ccc(C)cc1. The van der Waals surface area contributed by atoms with Gasteiger partial charge in [-0.2, -0.15) is 0 Å². The summed E-state index contributed by atoms with van der Waals surface area (Å²) in [6, 6.07) is 15.5. The van der Waals surface area contributed by atoms with E-state index in [0.29, 0.717) is 18.6 Å². The van der Waals surface area contributed by atoms with Crippen LogP contribution in [-0.2, 0) is 4.79 Å². The summed E-state index contributed by atoms with van der Waals surface area (Å²) >= 11 is 0. The summed E-state index contributed by atoms with van der Waals surface area (Å²) in [4.78, 5) is 21.2. The molecule has 2 heterocycles. The lowest BCUT2D eigenvalue weighted by molar-refractivity contribution is -0.115. The molecule has 2 aromatic heterocycles. The van der Waals surface area contributed by atoms with Gasteiger partial charge in [-0.15, -0.1) is 0 Å². The normalized spacial score (nSPS) is 10.7. The van der Waals surface area contributed by atoms with Crippen molar-refractivity contribution in [2.75, 3.05) is 24.3 Å². The number of nitrogens with zero attached hydrogens (tertiary/aromatic N) is 3. The average molecular weight is 401 g/mol. The molecule has 0 saturated carbocycles. The van der Waals surface area contributed by atoms with E-state index in [9.17, 15) is 4.79 Å². The number of methoxy groups -OCH3 is 1. The number of hydrogen-bond acceptors (Lipinski definition) is 5. The van der Waals surface area contributed by atoms with E-state index in [2.05, 4.69) is 15.6 Å². The Labute approximate surface area is 174 Å². The lowest BCUT2D eigenvalue weighted by atomic mass is 10.1. The minimum Gasteiger partial charge on any atom is -0.496 e. The monoisotopic (exact) mass is 401 g/mol. The number of aromatic nitrogens is 3. The van der Waals surface area contributed by atoms with Gasteiger partial charge in [-0.3, -0.25) is 14.2 Å². The maximum atomic E-state index is 12.3. The molecule has 0 aliphatic rings. The summed E-state index contributed by atoms with van der Waals surface area (Å²) in [5.74, 6) is 1.47. The lowest BCUT2D eigenvalue weighted by Gasteiger charge is -2.11. The molecule has 0 radical (unpaired) electrons. The van der Waals surface area contributed by atoms with Crippen molar-refractivity contribution in [3.05, 3.63) is 72.7 Å². The van der Waals surface area contributed by atoms with Crippen LogP contribution in [0, 0.1) is 6.92 Å². The maximum Gasteiger partial charge on any atom is 0.226 e. The van der Waals surface area contributed by atoms with Crippen molar-refractivity contribution in [1.82, 2.24) is 14.4 Å². The molecule has 0 aliphatic heterocycles. The molecule has 0 unspecified atom stereocenters. The number of anilines is 2. The Kier molecular flexibility index (Phi) is 5.61. The van der Waals surface area contributed by atoms with Crippen molar-refractivity contribution in [3.8, 4) is 17.0 Å². The van der Waals surface area contributed by atoms with Gasteiger partial charge in [0.25, 0.3) is 0 Å². The van der Waals surface area contributed by atoms with Crippen LogP contribution in [0.15, 0.2) is 67.1 Å². The molecule has 0 spiro atoms. The number of nitrogens with one attached hydrogen (secondary N) is 2. The number of hydrogen-bond donors (Lipinski definition) is 2. The Morgan fingerprint density at radius 2 is 1.93 bits per heavy atom. The van der Waals surface area contributed by atoms with E-state index in [4.69, 9.17) is 9.72 Å². The molecule has 152 valence electrons. The number of aryl methyl sites for hydroxylation is 1. The highest BCUT2D eigenvalue weighted by Crippen LogP contribution is 2.34. The number of amides is 1. The number of para-hydroxylation sites is 1. The summed E-state index contributed by atoms with van der Waals surface area (Å²) < 4.78 is 7.43. The summed E-state index contributed by atoms with van der Waals surface area (Å²) in [5.41, 5.74) is 4.28. The van der Waals surface area contributed by atoms with Gasteiger partial charge in [-0.05, 0) is 31.2 Å². The Balaban J connectivity index is 1.53. The molecule has 0 saturated heterocycles. The highest BCUT2D eigenvalue weighted by Gasteiger charge is 2.17. The van der Waals surface area contributed by atoms with Crippen molar-refractivity contribution in [2.45, 2.75) is 13.3 Å². The first-order valence-corrected chi connectivity index (χ1v) is 9.71. The summed E-state index contributed by atoms with van der Waals surface area (Å²) in [6.07, 6.45) is 5.57. The van der Waals surface area contributed by atoms with Crippen molar-refractivity contribution < 1.29 is 9.53 Å². The zero-order chi connectivity index (χ0) is 20.9. The minimum absolute atomic E-state index is 0.0549. The van der Waals surface area contributed by atoms with Crippen LogP contribution in [0.1, 0.15) is 12.0 Å². The number of imidazole rings is 1. The fourth-order valence-corrected chi connectivity index (χ4v) is 3.26. The molecule has 4 aromatic rings. The van der Waals surface area contributed by atoms with Crippen molar-refractivity contribution in [1.29, 1.82) is 0 Å². The van der Waals surface area contributed by atoms with E-state index in [1.165, 1.54) is 0 Å². The number of rotatable bonds is 7. The van der Waals surface area contributed by atoms with Gasteiger partial charge in [0.15, 0.2) is 5.65 Å². The van der Waals surface area contributed by atoms with Gasteiger partial charge in [0, 0.05) is 36.6 Å². The average Bonchev–Trinajstić information content (AvgIpc) is 3.14. The summed E-state index contributed by atoms with van der Waals surface area (Å²) in [6.45, 7) is 2.47. The van der Waals surface area contributed by atoms with E-state index in [0.717, 1.165) is 34.1 Å². The van der Waals surface area contributed by atoms with Crippen LogP contribution in [0.2, 0.25) is 0 Å². The van der Waals surface area contributed by atoms with Gasteiger partial charge in [0.1, 0.15) is 17.3 Å². The van der Waals surface area contributed by atoms with Crippen LogP contribution in [0.4, 0.5) is 11.5 Å². The summed E-state index contributed by atoms with van der Waals surface area (Å²) in [7, 11) is 1.64. The fraction of sp³-hybridized carbons (Fsp3) is 0.174. The van der Waals surface area contributed by atoms with Gasteiger partial charge >= 0.3 is 0 Å². The molecule has 0 bridgehead atoms. The van der Waals surface area contributed by atoms with E-state index in [1.807, 2.05) is 66.1 Å². The van der Waals surface area contributed by atoms with Crippen LogP contribution in [0.25, 0.3) is 16.9 Å². The highest BCUT2D eigenvalue weighted by molar-refractivity contribution is 5.91. The molecule has 2 N–H and O–H groups in total. The zero-order valence-electron chi connectivity index (χ0n) is 16.9. The van der Waals surface area contributed by atoms with E-state index >= 15 is 0 Å². The van der Waals surface area contributed by atoms with Crippen molar-refractivity contribution in [2.24, 2.45) is 0 Å². The van der Waals surface area contributed by atoms with E-state index in [-0.39, 0.29) is 5.91 Å². The van der Waals surface area contributed by atoms with Gasteiger partial charge in [0.05, 0.1) is 13.3 Å². The molecule has 1 amide bonds. The first-order chi connectivity index (χ1) is 14.7. The maximum absolute atomic E-state index is 12.3. The molecular weight excluding hydrogens is 378 g/mol. The highest BCUT2D eigenvalue weighted by atomic mass is 16.5. The number of fused-ring (bicyclic) bond motifs is 1. The third-order valence-electron chi connectivity index (χ3n) is 4.77. The third-order valence-corrected chi connectivity index (χ3v) is 4.77. The standard InChI is InChI=1S/C23H23N5O2/c1-16-7-9-17(10-8-16)26-21(29)11-12-25-23-22(18-5-3-4-6-19(18)30-2)27-20-15-24-13-14-28(20)23/h3-10,13-15,25H,11-12H2,1-2H3,(H,26,29). The zero-order valence-corrected chi connectivity index (χ0v) is 16.9. The molecule has 7 heteroatoms. The number of ether oxygens (including phenoxy) is 1. The fourth-order valence-electron chi connectivity index (χ4n) is 3.26. The first kappa shape index (κ1) is 19.4. The quantitative estimate of drug-likeness (QED) is 0.486. The van der Waals surface area contributed by atoms with Crippen molar-refractivity contribution in [3.63, 3.8) is 0 Å². The van der Waals surface area contributed by atoms with Crippen LogP contribution in [0.3, 0.4) is 0 Å². The Bertz CT molecular complexity index is 1170. The van der Waals surface area contributed by atoms with Crippen LogP contribution in [0.5, 0.6) is 5.75 Å². The Hall–Kier alpha value is -3.87. The van der Waals surface area contributed by atoms with Gasteiger partial charge < -0.3 is 15.4 Å². The smallest absolute Gasteiger partial charge is 0.226 e. The number of carbonyl (C=O) groups excluding carboxylic acids is 1. The molecule has 0 fully saturated rings. The van der Waals surface area contributed by atoms with Crippen molar-refractivity contribution >= 4 is 23.1 Å². The lowest BCUT2D eigenvalue weighted by Crippen LogP contribution is -2.17. The van der Waals surface area contributed by atoms with E-state index in [1.54, 1.807) is 19.5 Å². The first-order valence-electron chi connectivity index (χ1n) is 9.71. The number of carbonyl (C=O) groups is 1. The van der Waals surface area contributed by atoms with E-state index < -0.39 is 0 Å². The van der Waals surface area contributed by atoms with Gasteiger partial charge in [0.2, 0.25) is 5.91 Å². The number of benzene rings is 2. The Morgan fingerprint density at radius 1 is 1.13 bits per heavy atom. The second kappa shape index (κ2) is 8.65. The molecule has 7 nitrogen and oxygen atoms in total.